The van der Waals surface area contributed by atoms with Crippen LogP contribution in [0, 0.1) is 22.7 Å². The molecule has 68 heavy (non-hydrogen) atoms. The number of aromatic nitrogens is 2. The lowest BCUT2D eigenvalue weighted by Gasteiger charge is -2.25. The lowest BCUT2D eigenvalue weighted by atomic mass is 9.97. The molecule has 0 fully saturated rings. The summed E-state index contributed by atoms with van der Waals surface area (Å²) < 4.78 is 4.62. The van der Waals surface area contributed by atoms with Gasteiger partial charge in [-0.15, -0.1) is 0 Å². The number of para-hydroxylation sites is 6. The summed E-state index contributed by atoms with van der Waals surface area (Å²) in [5.41, 5.74) is 14.9. The molecular formula is C62H40N6. The number of benzene rings is 10. The van der Waals surface area contributed by atoms with Crippen LogP contribution in [0.15, 0.2) is 243 Å². The zero-order valence-electron chi connectivity index (χ0n) is 36.8. The maximum atomic E-state index is 10.5. The van der Waals surface area contributed by atoms with E-state index in [1.165, 1.54) is 0 Å². The molecule has 0 amide bonds. The summed E-state index contributed by atoms with van der Waals surface area (Å²) in [7, 11) is 0. The van der Waals surface area contributed by atoms with Gasteiger partial charge < -0.3 is 18.9 Å². The van der Waals surface area contributed by atoms with Crippen molar-refractivity contribution in [2.24, 2.45) is 0 Å². The molecule has 0 aliphatic rings. The Kier molecular flexibility index (Phi) is 9.83. The first-order valence-corrected chi connectivity index (χ1v) is 22.6. The van der Waals surface area contributed by atoms with Crippen LogP contribution in [-0.2, 0) is 0 Å². The number of nitrogens with zero attached hydrogens (tertiary/aromatic N) is 6. The highest BCUT2D eigenvalue weighted by atomic mass is 15.1. The van der Waals surface area contributed by atoms with Crippen LogP contribution in [0.3, 0.4) is 0 Å². The second kappa shape index (κ2) is 16.7. The van der Waals surface area contributed by atoms with Crippen LogP contribution in [0.4, 0.5) is 34.1 Å². The highest BCUT2D eigenvalue weighted by Gasteiger charge is 2.23. The van der Waals surface area contributed by atoms with Gasteiger partial charge >= 0.3 is 0 Å². The Morgan fingerprint density at radius 1 is 0.279 bits per heavy atom. The highest BCUT2D eigenvalue weighted by Crippen LogP contribution is 2.45. The summed E-state index contributed by atoms with van der Waals surface area (Å²) in [6.45, 7) is 0. The van der Waals surface area contributed by atoms with Crippen molar-refractivity contribution in [2.45, 2.75) is 0 Å². The van der Waals surface area contributed by atoms with E-state index in [-0.39, 0.29) is 0 Å². The van der Waals surface area contributed by atoms with Crippen molar-refractivity contribution in [1.29, 1.82) is 10.5 Å². The normalized spacial score (nSPS) is 11.2. The van der Waals surface area contributed by atoms with Gasteiger partial charge in [-0.3, -0.25) is 0 Å². The number of fused-ring (bicyclic) bond motifs is 6. The van der Waals surface area contributed by atoms with Gasteiger partial charge in [0.25, 0.3) is 0 Å². The molecule has 6 heteroatoms. The van der Waals surface area contributed by atoms with Crippen LogP contribution >= 0.6 is 0 Å². The van der Waals surface area contributed by atoms with Gasteiger partial charge in [0.2, 0.25) is 0 Å². The standard InChI is InChI=1S/C62H40N6/c63-41-43-29-33-59(67-57-27-15-13-25-51(57)55-39-49(31-35-61(55)67)65(45-17-5-1-6-18-45)46-19-7-2-8-20-46)53(37-43)54-38-44(42-64)30-34-60(54)68-58-28-16-14-26-52(58)56-40-50(32-36-62(56)68)66(47-21-9-3-10-22-47)48-23-11-4-12-24-48/h1-40H. The Balaban J connectivity index is 1.08. The smallest absolute Gasteiger partial charge is 0.0991 e. The number of hydrogen-bond acceptors (Lipinski definition) is 4. The molecule has 2 heterocycles. The second-order valence-electron chi connectivity index (χ2n) is 16.8. The van der Waals surface area contributed by atoms with E-state index >= 15 is 0 Å². The van der Waals surface area contributed by atoms with Gasteiger partial charge in [-0.25, -0.2) is 0 Å². The Labute approximate surface area is 393 Å². The van der Waals surface area contributed by atoms with Gasteiger partial charge in [0.15, 0.2) is 0 Å². The average Bonchev–Trinajstić information content (AvgIpc) is 3.92. The molecule has 0 N–H and O–H groups in total. The Morgan fingerprint density at radius 3 is 0.956 bits per heavy atom. The van der Waals surface area contributed by atoms with Crippen molar-refractivity contribution in [3.8, 4) is 34.6 Å². The predicted molar refractivity (Wildman–Crippen MR) is 279 cm³/mol. The zero-order valence-corrected chi connectivity index (χ0v) is 36.8. The van der Waals surface area contributed by atoms with E-state index in [1.54, 1.807) is 0 Å². The summed E-state index contributed by atoms with van der Waals surface area (Å²) >= 11 is 0. The molecule has 2 aromatic heterocycles. The molecule has 0 radical (unpaired) electrons. The number of hydrogen-bond donors (Lipinski definition) is 0. The molecule has 10 aromatic carbocycles. The van der Waals surface area contributed by atoms with Gasteiger partial charge in [-0.05, 0) is 133 Å². The van der Waals surface area contributed by atoms with Crippen LogP contribution in [-0.4, -0.2) is 9.13 Å². The molecule has 6 nitrogen and oxygen atoms in total. The van der Waals surface area contributed by atoms with Crippen molar-refractivity contribution in [1.82, 2.24) is 9.13 Å². The Hall–Kier alpha value is -9.62. The quantitative estimate of drug-likeness (QED) is 0.145. The maximum Gasteiger partial charge on any atom is 0.0991 e. The molecule has 12 aromatic rings. The number of anilines is 6. The average molecular weight is 869 g/mol. The predicted octanol–water partition coefficient (Wildman–Crippen LogP) is 16.2. The van der Waals surface area contributed by atoms with Crippen LogP contribution in [0.2, 0.25) is 0 Å². The SMILES string of the molecule is N#Cc1ccc(-n2c3ccccc3c3cc(N(c4ccccc4)c4ccccc4)ccc32)c(-c2cc(C#N)ccc2-n2c3ccccc3c3cc(N(c4ccccc4)c4ccccc4)ccc32)c1. The van der Waals surface area contributed by atoms with Gasteiger partial charge in [-0.2, -0.15) is 10.5 Å². The summed E-state index contributed by atoms with van der Waals surface area (Å²) in [6.07, 6.45) is 0. The van der Waals surface area contributed by atoms with Crippen LogP contribution < -0.4 is 9.80 Å². The molecule has 12 rings (SSSR count). The van der Waals surface area contributed by atoms with E-state index in [0.29, 0.717) is 11.1 Å². The fourth-order valence-corrected chi connectivity index (χ4v) is 9.95. The molecule has 0 bridgehead atoms. The molecule has 0 aliphatic heterocycles. The van der Waals surface area contributed by atoms with Crippen molar-refractivity contribution in [2.75, 3.05) is 9.80 Å². The summed E-state index contributed by atoms with van der Waals surface area (Å²) in [6, 6.07) is 88.9. The Morgan fingerprint density at radius 2 is 0.603 bits per heavy atom. The third kappa shape index (κ3) is 6.72. The van der Waals surface area contributed by atoms with E-state index < -0.39 is 0 Å². The van der Waals surface area contributed by atoms with Gasteiger partial charge in [0, 0.05) is 66.8 Å². The third-order valence-corrected chi connectivity index (χ3v) is 12.9. The van der Waals surface area contributed by atoms with Crippen LogP contribution in [0.25, 0.3) is 66.1 Å². The highest BCUT2D eigenvalue weighted by molar-refractivity contribution is 6.13. The third-order valence-electron chi connectivity index (χ3n) is 12.9. The minimum atomic E-state index is 0.523. The van der Waals surface area contributed by atoms with E-state index in [9.17, 15) is 10.5 Å². The van der Waals surface area contributed by atoms with Crippen LogP contribution in [0.1, 0.15) is 11.1 Å². The molecule has 0 saturated carbocycles. The summed E-state index contributed by atoms with van der Waals surface area (Å²) in [4.78, 5) is 4.57. The summed E-state index contributed by atoms with van der Waals surface area (Å²) in [5, 5.41) is 25.4. The van der Waals surface area contributed by atoms with Crippen molar-refractivity contribution < 1.29 is 0 Å². The lowest BCUT2D eigenvalue weighted by molar-refractivity contribution is 1.16. The van der Waals surface area contributed by atoms with E-state index in [4.69, 9.17) is 0 Å². The summed E-state index contributed by atoms with van der Waals surface area (Å²) in [5.74, 6) is 0. The molecule has 0 saturated heterocycles. The van der Waals surface area contributed by atoms with Gasteiger partial charge in [-0.1, -0.05) is 109 Å². The molecule has 0 atom stereocenters. The van der Waals surface area contributed by atoms with Crippen molar-refractivity contribution >= 4 is 77.7 Å². The van der Waals surface area contributed by atoms with Crippen molar-refractivity contribution in [3.05, 3.63) is 254 Å². The molecular weight excluding hydrogens is 829 g/mol. The minimum Gasteiger partial charge on any atom is -0.310 e. The zero-order chi connectivity index (χ0) is 45.6. The van der Waals surface area contributed by atoms with Gasteiger partial charge in [0.1, 0.15) is 0 Å². The first kappa shape index (κ1) is 39.9. The Bertz CT molecular complexity index is 3600. The lowest BCUT2D eigenvalue weighted by Crippen LogP contribution is -2.09. The van der Waals surface area contributed by atoms with E-state index in [1.807, 2.05) is 48.5 Å². The van der Waals surface area contributed by atoms with E-state index in [2.05, 4.69) is 225 Å². The molecule has 0 spiro atoms. The molecule has 0 aliphatic carbocycles. The second-order valence-corrected chi connectivity index (χ2v) is 16.8. The fraction of sp³-hybridized carbons (Fsp3) is 0. The molecule has 0 unspecified atom stereocenters. The number of rotatable bonds is 9. The largest absolute Gasteiger partial charge is 0.310 e. The topological polar surface area (TPSA) is 63.9 Å². The minimum absolute atomic E-state index is 0.523. The van der Waals surface area contributed by atoms with Crippen LogP contribution in [0.5, 0.6) is 0 Å². The van der Waals surface area contributed by atoms with Crippen molar-refractivity contribution in [3.63, 3.8) is 0 Å². The van der Waals surface area contributed by atoms with Gasteiger partial charge in [0.05, 0.1) is 56.7 Å². The number of nitriles is 2. The molecule has 318 valence electrons. The fourth-order valence-electron chi connectivity index (χ4n) is 9.95. The first-order valence-electron chi connectivity index (χ1n) is 22.6. The maximum absolute atomic E-state index is 10.5. The monoisotopic (exact) mass is 868 g/mol. The van der Waals surface area contributed by atoms with E-state index in [0.717, 1.165) is 100 Å². The first-order chi connectivity index (χ1) is 33.7.